The number of hydrogen-bond acceptors (Lipinski definition) is 6. The Morgan fingerprint density at radius 3 is 0.699 bits per heavy atom. The average molecular weight is 1010 g/mol. The molecule has 73 heavy (non-hydrogen) atoms. The molecule has 0 fully saturated rings. The first-order chi connectivity index (χ1) is 35.5. The number of aromatic nitrogens is 3. The first kappa shape index (κ1) is 63.1. The summed E-state index contributed by atoms with van der Waals surface area (Å²) < 4.78 is 0. The van der Waals surface area contributed by atoms with E-state index >= 15 is 0 Å². The molecule has 0 aliphatic carbocycles. The molecule has 6 aromatic rings. The van der Waals surface area contributed by atoms with E-state index in [9.17, 15) is 15.3 Å². The Kier molecular flexibility index (Phi) is 35.5. The number of pyridine rings is 3. The zero-order valence-corrected chi connectivity index (χ0v) is 47.4. The molecule has 0 amide bonds. The first-order valence-electron chi connectivity index (χ1n) is 29.6. The fraction of sp³-hybridized carbons (Fsp3) is 0.591. The Labute approximate surface area is 455 Å². The van der Waals surface area contributed by atoms with Gasteiger partial charge in [0.05, 0.1) is 16.6 Å². The van der Waals surface area contributed by atoms with E-state index in [2.05, 4.69) is 53.9 Å². The number of unbranched alkanes of at least 4 members (excludes halogenated alkanes) is 30. The maximum absolute atomic E-state index is 11.8. The summed E-state index contributed by atoms with van der Waals surface area (Å²) in [4.78, 5) is 12.7. The minimum absolute atomic E-state index is 0. The molecule has 0 spiro atoms. The SMILES string of the molecule is CCCCCCCCCCCCCc1ccnc2c([O-])cccc12.CCCCCCCCCCCCCc1ccnc2c([O-])cccc12.CCCCCCCCCCCCCc1ccnc2c([O-])cccc12.[Al+3]. The van der Waals surface area contributed by atoms with Gasteiger partial charge in [-0.05, 0) is 73.4 Å². The third kappa shape index (κ3) is 25.8. The summed E-state index contributed by atoms with van der Waals surface area (Å²) in [5, 5.41) is 38.6. The molecule has 0 aliphatic rings. The maximum Gasteiger partial charge on any atom is 3.00 e. The number of hydrogen-bond donors (Lipinski definition) is 0. The maximum atomic E-state index is 11.8. The van der Waals surface area contributed by atoms with Crippen molar-refractivity contribution in [2.45, 2.75) is 252 Å². The second kappa shape index (κ2) is 41.1. The van der Waals surface area contributed by atoms with E-state index in [0.717, 1.165) is 35.4 Å². The quantitative estimate of drug-likeness (QED) is 0.0287. The minimum atomic E-state index is 0. The van der Waals surface area contributed by atoms with Crippen molar-refractivity contribution >= 4 is 50.1 Å². The van der Waals surface area contributed by atoms with Gasteiger partial charge in [0.2, 0.25) is 0 Å². The molecule has 6 rings (SSSR count). The molecule has 0 aliphatic heterocycles. The monoisotopic (exact) mass is 1010 g/mol. The Morgan fingerprint density at radius 1 is 0.274 bits per heavy atom. The van der Waals surface area contributed by atoms with Gasteiger partial charge in [-0.2, -0.15) is 0 Å². The van der Waals surface area contributed by atoms with E-state index in [1.165, 1.54) is 229 Å². The fourth-order valence-electron chi connectivity index (χ4n) is 10.2. The molecule has 0 bridgehead atoms. The molecule has 396 valence electrons. The van der Waals surface area contributed by atoms with Gasteiger partial charge in [0, 0.05) is 34.7 Å². The molecule has 0 N–H and O–H groups in total. The molecule has 3 heterocycles. The van der Waals surface area contributed by atoms with Gasteiger partial charge < -0.3 is 15.3 Å². The van der Waals surface area contributed by atoms with E-state index in [1.807, 2.05) is 36.4 Å². The molecular weight excluding hydrogens is 910 g/mol. The standard InChI is InChI=1S/3C22H33NO.Al/c3*1-2-3-4-5-6-7-8-9-10-11-12-14-19-17-18-23-22-20(19)15-13-16-21(22)24;/h3*13,15-18,24H,2-12,14H2,1H3;/q;;;+3/p-3. The number of benzene rings is 3. The van der Waals surface area contributed by atoms with Crippen LogP contribution in [0.15, 0.2) is 91.4 Å². The van der Waals surface area contributed by atoms with E-state index in [1.54, 1.807) is 36.8 Å². The van der Waals surface area contributed by atoms with Crippen LogP contribution in [-0.2, 0) is 19.3 Å². The van der Waals surface area contributed by atoms with Gasteiger partial charge in [-0.15, -0.1) is 0 Å². The van der Waals surface area contributed by atoms with Crippen molar-refractivity contribution in [3.05, 3.63) is 108 Å². The molecule has 7 heteroatoms. The van der Waals surface area contributed by atoms with Gasteiger partial charge in [0.25, 0.3) is 0 Å². The van der Waals surface area contributed by atoms with Crippen LogP contribution in [0.3, 0.4) is 0 Å². The van der Waals surface area contributed by atoms with Gasteiger partial charge in [0.15, 0.2) is 0 Å². The van der Waals surface area contributed by atoms with Crippen molar-refractivity contribution in [3.8, 4) is 17.2 Å². The third-order valence-corrected chi connectivity index (χ3v) is 14.6. The van der Waals surface area contributed by atoms with Gasteiger partial charge in [-0.3, -0.25) is 15.0 Å². The van der Waals surface area contributed by atoms with Crippen LogP contribution in [0.1, 0.15) is 249 Å². The summed E-state index contributed by atoms with van der Waals surface area (Å²) in [5.41, 5.74) is 5.69. The first-order valence-corrected chi connectivity index (χ1v) is 29.6. The number of nitrogens with zero attached hydrogens (tertiary/aromatic N) is 3. The van der Waals surface area contributed by atoms with Crippen molar-refractivity contribution < 1.29 is 15.3 Å². The van der Waals surface area contributed by atoms with Crippen LogP contribution >= 0.6 is 0 Å². The van der Waals surface area contributed by atoms with Crippen LogP contribution in [0.4, 0.5) is 0 Å². The molecule has 0 saturated heterocycles. The third-order valence-electron chi connectivity index (χ3n) is 14.6. The van der Waals surface area contributed by atoms with Crippen LogP contribution in [0.2, 0.25) is 0 Å². The van der Waals surface area contributed by atoms with Crippen LogP contribution in [0.5, 0.6) is 17.2 Å². The Morgan fingerprint density at radius 2 is 0.479 bits per heavy atom. The van der Waals surface area contributed by atoms with Crippen LogP contribution in [0.25, 0.3) is 32.7 Å². The zero-order chi connectivity index (χ0) is 51.1. The molecule has 0 saturated carbocycles. The van der Waals surface area contributed by atoms with Crippen LogP contribution < -0.4 is 15.3 Å². The Bertz CT molecular complexity index is 2040. The van der Waals surface area contributed by atoms with E-state index in [4.69, 9.17) is 0 Å². The Balaban J connectivity index is 0.000000287. The largest absolute Gasteiger partial charge is 3.00 e. The molecule has 3 aromatic carbocycles. The predicted molar refractivity (Wildman–Crippen MR) is 310 cm³/mol. The summed E-state index contributed by atoms with van der Waals surface area (Å²) in [6, 6.07) is 22.6. The van der Waals surface area contributed by atoms with E-state index in [0.29, 0.717) is 16.6 Å². The summed E-state index contributed by atoms with van der Waals surface area (Å²) in [6.07, 6.45) is 53.5. The van der Waals surface area contributed by atoms with Crippen molar-refractivity contribution in [2.24, 2.45) is 0 Å². The summed E-state index contributed by atoms with van der Waals surface area (Å²) in [6.45, 7) is 6.82. The van der Waals surface area contributed by atoms with Crippen molar-refractivity contribution in [3.63, 3.8) is 0 Å². The van der Waals surface area contributed by atoms with Crippen molar-refractivity contribution in [2.75, 3.05) is 0 Å². The summed E-state index contributed by atoms with van der Waals surface area (Å²) in [5.74, 6) is 0.106. The van der Waals surface area contributed by atoms with E-state index < -0.39 is 0 Å². The normalized spacial score (nSPS) is 11.1. The molecule has 3 aromatic heterocycles. The second-order valence-electron chi connectivity index (χ2n) is 20.7. The summed E-state index contributed by atoms with van der Waals surface area (Å²) >= 11 is 0. The molecule has 0 atom stereocenters. The predicted octanol–water partition coefficient (Wildman–Crippen LogP) is 18.1. The smallest absolute Gasteiger partial charge is 0.871 e. The number of fused-ring (bicyclic) bond motifs is 3. The van der Waals surface area contributed by atoms with E-state index in [-0.39, 0.29) is 34.6 Å². The van der Waals surface area contributed by atoms with Crippen LogP contribution in [-0.4, -0.2) is 32.3 Å². The fourth-order valence-corrected chi connectivity index (χ4v) is 10.2. The topological polar surface area (TPSA) is 108 Å². The van der Waals surface area contributed by atoms with Crippen molar-refractivity contribution in [1.29, 1.82) is 0 Å². The van der Waals surface area contributed by atoms with Gasteiger partial charge in [0.1, 0.15) is 0 Å². The number of aryl methyl sites for hydroxylation is 3. The molecule has 6 nitrogen and oxygen atoms in total. The minimum Gasteiger partial charge on any atom is -0.871 e. The number of para-hydroxylation sites is 3. The average Bonchev–Trinajstić information content (AvgIpc) is 3.40. The summed E-state index contributed by atoms with van der Waals surface area (Å²) in [7, 11) is 0. The Hall–Kier alpha value is -4.18. The number of rotatable bonds is 36. The van der Waals surface area contributed by atoms with Gasteiger partial charge >= 0.3 is 17.4 Å². The molecular formula is C66H96AlN3O3. The van der Waals surface area contributed by atoms with Gasteiger partial charge in [-0.25, -0.2) is 0 Å². The molecule has 0 radical (unpaired) electrons. The van der Waals surface area contributed by atoms with Crippen LogP contribution in [0, 0.1) is 0 Å². The second-order valence-corrected chi connectivity index (χ2v) is 20.7. The van der Waals surface area contributed by atoms with Crippen molar-refractivity contribution in [1.82, 2.24) is 15.0 Å². The zero-order valence-electron chi connectivity index (χ0n) is 46.3. The molecule has 0 unspecified atom stereocenters. The van der Waals surface area contributed by atoms with Gasteiger partial charge in [-0.1, -0.05) is 285 Å².